The summed E-state index contributed by atoms with van der Waals surface area (Å²) in [5, 5.41) is 9.25. The average molecular weight is 665 g/mol. The van der Waals surface area contributed by atoms with Crippen LogP contribution in [0.1, 0.15) is 0 Å². The summed E-state index contributed by atoms with van der Waals surface area (Å²) in [7, 11) is 0. The van der Waals surface area contributed by atoms with Crippen molar-refractivity contribution in [2.24, 2.45) is 0 Å². The Morgan fingerprint density at radius 3 is 1.98 bits per heavy atom. The van der Waals surface area contributed by atoms with E-state index in [0.717, 1.165) is 60.7 Å². The molecule has 0 amide bonds. The first-order valence-electron chi connectivity index (χ1n) is 17.4. The quantitative estimate of drug-likeness (QED) is 0.188. The van der Waals surface area contributed by atoms with Crippen LogP contribution in [0.2, 0.25) is 0 Å². The maximum atomic E-state index is 6.52. The van der Waals surface area contributed by atoms with Gasteiger partial charge in [-0.15, -0.1) is 0 Å². The molecule has 3 heterocycles. The Bertz CT molecular complexity index is 3190. The van der Waals surface area contributed by atoms with Crippen molar-refractivity contribution in [2.75, 3.05) is 0 Å². The topological polar surface area (TPSA) is 56.7 Å². The highest BCUT2D eigenvalue weighted by molar-refractivity contribution is 6.21. The third kappa shape index (κ3) is 4.39. The van der Waals surface area contributed by atoms with Gasteiger partial charge in [-0.1, -0.05) is 127 Å². The zero-order valence-corrected chi connectivity index (χ0v) is 27.9. The van der Waals surface area contributed by atoms with E-state index >= 15 is 0 Å². The van der Waals surface area contributed by atoms with Crippen LogP contribution in [-0.4, -0.2) is 19.5 Å². The van der Waals surface area contributed by atoms with Crippen molar-refractivity contribution in [3.8, 4) is 39.9 Å². The second-order valence-corrected chi connectivity index (χ2v) is 13.2. The number of rotatable bonds is 4. The van der Waals surface area contributed by atoms with Crippen LogP contribution in [0.4, 0.5) is 0 Å². The number of nitrogens with zero attached hydrogens (tertiary/aromatic N) is 4. The molecule has 0 unspecified atom stereocenters. The van der Waals surface area contributed by atoms with Crippen molar-refractivity contribution >= 4 is 65.3 Å². The van der Waals surface area contributed by atoms with Crippen molar-refractivity contribution in [3.05, 3.63) is 170 Å². The van der Waals surface area contributed by atoms with Gasteiger partial charge >= 0.3 is 0 Å². The molecule has 8 aromatic carbocycles. The Hall–Kier alpha value is -7.11. The molecule has 5 nitrogen and oxygen atoms in total. The van der Waals surface area contributed by atoms with Crippen LogP contribution >= 0.6 is 0 Å². The summed E-state index contributed by atoms with van der Waals surface area (Å²) in [5.74, 6) is 1.84. The van der Waals surface area contributed by atoms with E-state index in [1.165, 1.54) is 26.9 Å². The minimum absolute atomic E-state index is 0.596. The smallest absolute Gasteiger partial charge is 0.164 e. The summed E-state index contributed by atoms with van der Waals surface area (Å²) in [6.45, 7) is 0. The first-order valence-corrected chi connectivity index (χ1v) is 17.4. The summed E-state index contributed by atoms with van der Waals surface area (Å²) in [6.07, 6.45) is 0. The number of benzene rings is 8. The van der Waals surface area contributed by atoms with Crippen LogP contribution < -0.4 is 0 Å². The lowest BCUT2D eigenvalue weighted by atomic mass is 10.0. The molecule has 0 spiro atoms. The molecule has 0 saturated carbocycles. The van der Waals surface area contributed by atoms with Gasteiger partial charge < -0.3 is 8.98 Å². The molecule has 0 bridgehead atoms. The summed E-state index contributed by atoms with van der Waals surface area (Å²) >= 11 is 0. The zero-order chi connectivity index (χ0) is 34.2. The molecule has 5 heteroatoms. The lowest BCUT2D eigenvalue weighted by Gasteiger charge is -2.10. The van der Waals surface area contributed by atoms with Gasteiger partial charge in [0, 0.05) is 43.9 Å². The van der Waals surface area contributed by atoms with Gasteiger partial charge in [-0.3, -0.25) is 0 Å². The molecule has 11 aromatic rings. The number of aromatic nitrogens is 4. The zero-order valence-electron chi connectivity index (χ0n) is 27.9. The van der Waals surface area contributed by atoms with Crippen LogP contribution in [0.15, 0.2) is 174 Å². The van der Waals surface area contributed by atoms with Gasteiger partial charge in [0.2, 0.25) is 0 Å². The molecule has 0 N–H and O–H groups in total. The predicted molar refractivity (Wildman–Crippen MR) is 213 cm³/mol. The minimum atomic E-state index is 0.596. The minimum Gasteiger partial charge on any atom is -0.456 e. The van der Waals surface area contributed by atoms with Crippen LogP contribution in [0.5, 0.6) is 0 Å². The SMILES string of the molecule is c1ccc(-c2nc(-c3ccc4ccccc4c3)nc(-c3cccc4oc5ccc(-n6c7ccccc7c7c8ccccc8ccc76)cc5c34)n2)cc1. The number of fused-ring (bicyclic) bond motifs is 9. The Morgan fingerprint density at radius 1 is 0.385 bits per heavy atom. The maximum absolute atomic E-state index is 6.52. The van der Waals surface area contributed by atoms with Crippen molar-refractivity contribution in [2.45, 2.75) is 0 Å². The van der Waals surface area contributed by atoms with E-state index in [-0.39, 0.29) is 0 Å². The van der Waals surface area contributed by atoms with E-state index in [1.54, 1.807) is 0 Å². The molecule has 0 aliphatic carbocycles. The molecular weight excluding hydrogens is 637 g/mol. The molecule has 0 fully saturated rings. The predicted octanol–water partition coefficient (Wildman–Crippen LogP) is 12.2. The van der Waals surface area contributed by atoms with E-state index in [4.69, 9.17) is 19.4 Å². The third-order valence-electron chi connectivity index (χ3n) is 10.2. The first kappa shape index (κ1) is 28.7. The summed E-state index contributed by atoms with van der Waals surface area (Å²) in [4.78, 5) is 15.3. The van der Waals surface area contributed by atoms with Crippen molar-refractivity contribution in [1.29, 1.82) is 0 Å². The van der Waals surface area contributed by atoms with Gasteiger partial charge in [-0.05, 0) is 64.0 Å². The molecule has 0 aliphatic heterocycles. The molecule has 0 saturated heterocycles. The van der Waals surface area contributed by atoms with E-state index in [9.17, 15) is 0 Å². The van der Waals surface area contributed by atoms with Crippen LogP contribution in [0.3, 0.4) is 0 Å². The van der Waals surface area contributed by atoms with E-state index in [0.29, 0.717) is 17.5 Å². The largest absolute Gasteiger partial charge is 0.456 e. The fourth-order valence-corrected chi connectivity index (χ4v) is 7.83. The standard InChI is InChI=1S/C47H28N4O/c1-2-13-31(14-3-1)45-48-46(33-22-21-29-11-4-5-15-32(29)27-33)50-47(49-45)37-18-10-20-42-44(37)38-28-34(24-26-41(38)52-42)51-39-19-9-8-17-36(39)43-35-16-7-6-12-30(35)23-25-40(43)51/h1-28H. The van der Waals surface area contributed by atoms with Gasteiger partial charge in [-0.2, -0.15) is 0 Å². The van der Waals surface area contributed by atoms with E-state index in [2.05, 4.69) is 132 Å². The van der Waals surface area contributed by atoms with Crippen molar-refractivity contribution in [3.63, 3.8) is 0 Å². The highest BCUT2D eigenvalue weighted by atomic mass is 16.3. The number of furan rings is 1. The normalized spacial score (nSPS) is 11.8. The maximum Gasteiger partial charge on any atom is 0.164 e. The van der Waals surface area contributed by atoms with Crippen LogP contribution in [-0.2, 0) is 0 Å². The van der Waals surface area contributed by atoms with Gasteiger partial charge in [0.15, 0.2) is 17.5 Å². The Morgan fingerprint density at radius 2 is 1.10 bits per heavy atom. The first-order chi connectivity index (χ1) is 25.8. The van der Waals surface area contributed by atoms with Crippen LogP contribution in [0, 0.1) is 0 Å². The summed E-state index contributed by atoms with van der Waals surface area (Å²) < 4.78 is 8.88. The Kier molecular flexibility index (Phi) is 6.18. The summed E-state index contributed by atoms with van der Waals surface area (Å²) in [5.41, 5.74) is 7.73. The molecule has 0 aliphatic rings. The second-order valence-electron chi connectivity index (χ2n) is 13.2. The summed E-state index contributed by atoms with van der Waals surface area (Å²) in [6, 6.07) is 59.2. The molecular formula is C47H28N4O. The average Bonchev–Trinajstić information content (AvgIpc) is 3.76. The number of hydrogen-bond acceptors (Lipinski definition) is 4. The van der Waals surface area contributed by atoms with Gasteiger partial charge in [0.05, 0.1) is 11.0 Å². The molecule has 3 aromatic heterocycles. The van der Waals surface area contributed by atoms with E-state index in [1.807, 2.05) is 42.5 Å². The number of hydrogen-bond donors (Lipinski definition) is 0. The van der Waals surface area contributed by atoms with Crippen LogP contribution in [0.25, 0.3) is 105 Å². The van der Waals surface area contributed by atoms with Gasteiger partial charge in [0.25, 0.3) is 0 Å². The third-order valence-corrected chi connectivity index (χ3v) is 10.2. The van der Waals surface area contributed by atoms with Gasteiger partial charge in [0.1, 0.15) is 11.2 Å². The number of para-hydroxylation sites is 1. The van der Waals surface area contributed by atoms with Crippen molar-refractivity contribution in [1.82, 2.24) is 19.5 Å². The molecule has 11 rings (SSSR count). The lowest BCUT2D eigenvalue weighted by Crippen LogP contribution is -2.00. The highest BCUT2D eigenvalue weighted by Gasteiger charge is 2.20. The lowest BCUT2D eigenvalue weighted by molar-refractivity contribution is 0.669. The second kappa shape index (κ2) is 11.2. The molecule has 0 radical (unpaired) electrons. The molecule has 52 heavy (non-hydrogen) atoms. The Balaban J connectivity index is 1.16. The highest BCUT2D eigenvalue weighted by Crippen LogP contribution is 2.41. The van der Waals surface area contributed by atoms with Crippen molar-refractivity contribution < 1.29 is 4.42 Å². The fraction of sp³-hybridized carbons (Fsp3) is 0. The van der Waals surface area contributed by atoms with Gasteiger partial charge in [-0.25, -0.2) is 15.0 Å². The monoisotopic (exact) mass is 664 g/mol. The Labute approximate surface area is 298 Å². The fourth-order valence-electron chi connectivity index (χ4n) is 7.83. The molecule has 0 atom stereocenters. The van der Waals surface area contributed by atoms with E-state index < -0.39 is 0 Å². The molecule has 242 valence electrons.